The largest absolute Gasteiger partial charge is 0.497 e. The number of nitrogens with zero attached hydrogens (tertiary/aromatic N) is 3. The van der Waals surface area contributed by atoms with Crippen molar-refractivity contribution in [2.24, 2.45) is 5.92 Å². The smallest absolute Gasteiger partial charge is 0.272 e. The molecule has 1 aromatic heterocycles. The molecule has 0 spiro atoms. The van der Waals surface area contributed by atoms with Gasteiger partial charge in [0.05, 0.1) is 24.8 Å². The first-order valence-corrected chi connectivity index (χ1v) is 15.6. The number of alkyl halides is 1. The number of halogens is 1. The van der Waals surface area contributed by atoms with Gasteiger partial charge < -0.3 is 19.7 Å². The minimum Gasteiger partial charge on any atom is -0.497 e. The number of pyridine rings is 1. The van der Waals surface area contributed by atoms with Crippen molar-refractivity contribution in [3.63, 3.8) is 0 Å². The number of hydrogen-bond donors (Lipinski definition) is 1. The highest BCUT2D eigenvalue weighted by Crippen LogP contribution is 2.24. The zero-order valence-electron chi connectivity index (χ0n) is 26.1. The van der Waals surface area contributed by atoms with Crippen LogP contribution < -0.4 is 14.8 Å². The summed E-state index contributed by atoms with van der Waals surface area (Å²) in [6, 6.07) is 17.4. The fraction of sp³-hybridized carbons (Fsp3) is 0.429. The van der Waals surface area contributed by atoms with E-state index in [2.05, 4.69) is 10.3 Å². The van der Waals surface area contributed by atoms with Crippen LogP contribution in [-0.4, -0.2) is 84.0 Å². The number of Topliss-reactive ketones (excluding diaryl/α,β-unsaturated/α-hetero) is 1. The summed E-state index contributed by atoms with van der Waals surface area (Å²) in [7, 11) is 1.58. The predicted octanol–water partition coefficient (Wildman–Crippen LogP) is 4.95. The molecule has 1 N–H and O–H groups in total. The molecule has 2 saturated heterocycles. The summed E-state index contributed by atoms with van der Waals surface area (Å²) in [6.45, 7) is 6.36. The molecule has 0 radical (unpaired) electrons. The number of likely N-dealkylation sites (tertiary alicyclic amines) is 2. The summed E-state index contributed by atoms with van der Waals surface area (Å²) in [5.74, 6) is 0.772. The molecule has 2 aliphatic heterocycles. The molecular formula is C35H41FN4O5. The maximum Gasteiger partial charge on any atom is 0.272 e. The number of hydrogen-bond acceptors (Lipinski definition) is 7. The topological polar surface area (TPSA) is 101 Å². The van der Waals surface area contributed by atoms with E-state index in [4.69, 9.17) is 9.47 Å². The Balaban J connectivity index is 1.07. The molecular weight excluding hydrogens is 575 g/mol. The minimum atomic E-state index is -1.21. The van der Waals surface area contributed by atoms with Gasteiger partial charge in [-0.3, -0.25) is 24.3 Å². The minimum absolute atomic E-state index is 0.0711. The van der Waals surface area contributed by atoms with Gasteiger partial charge in [0.25, 0.3) is 11.8 Å². The first-order valence-electron chi connectivity index (χ1n) is 15.6. The summed E-state index contributed by atoms with van der Waals surface area (Å²) in [6.07, 6.45) is 1.88. The normalized spacial score (nSPS) is 19.3. The first kappa shape index (κ1) is 32.1. The Morgan fingerprint density at radius 1 is 0.911 bits per heavy atom. The van der Waals surface area contributed by atoms with Crippen LogP contribution >= 0.6 is 0 Å². The van der Waals surface area contributed by atoms with E-state index in [0.29, 0.717) is 56.8 Å². The molecule has 0 aliphatic carbocycles. The lowest BCUT2D eigenvalue weighted by molar-refractivity contribution is 0.0645. The molecule has 0 bridgehead atoms. The third-order valence-electron chi connectivity index (χ3n) is 8.42. The highest BCUT2D eigenvalue weighted by atomic mass is 19.1. The highest BCUT2D eigenvalue weighted by Gasteiger charge is 2.31. The Kier molecular flexibility index (Phi) is 10.4. The van der Waals surface area contributed by atoms with Gasteiger partial charge in [0.1, 0.15) is 23.4 Å². The quantitative estimate of drug-likeness (QED) is 0.322. The molecule has 0 saturated carbocycles. The Morgan fingerprint density at radius 3 is 2.18 bits per heavy atom. The van der Waals surface area contributed by atoms with Gasteiger partial charge in [0, 0.05) is 50.4 Å². The van der Waals surface area contributed by atoms with Crippen molar-refractivity contribution in [3.8, 4) is 11.5 Å². The van der Waals surface area contributed by atoms with Gasteiger partial charge in [-0.05, 0) is 87.2 Å². The molecule has 45 heavy (non-hydrogen) atoms. The number of benzene rings is 2. The number of carbonyl (C=O) groups is 3. The average Bonchev–Trinajstić information content (AvgIpc) is 3.06. The van der Waals surface area contributed by atoms with Gasteiger partial charge in [-0.15, -0.1) is 0 Å². The number of ketones is 1. The Labute approximate surface area is 263 Å². The number of aromatic nitrogens is 1. The summed E-state index contributed by atoms with van der Waals surface area (Å²) >= 11 is 0. The Bertz CT molecular complexity index is 1450. The molecule has 9 nitrogen and oxygen atoms in total. The zero-order chi connectivity index (χ0) is 31.9. The third-order valence-corrected chi connectivity index (χ3v) is 8.42. The van der Waals surface area contributed by atoms with Crippen LogP contribution in [0.1, 0.15) is 69.9 Å². The van der Waals surface area contributed by atoms with Gasteiger partial charge in [0.2, 0.25) is 0 Å². The van der Waals surface area contributed by atoms with Gasteiger partial charge in [-0.2, -0.15) is 0 Å². The van der Waals surface area contributed by atoms with E-state index in [1.165, 1.54) is 12.3 Å². The summed E-state index contributed by atoms with van der Waals surface area (Å²) in [5, 5.41) is 2.81. The van der Waals surface area contributed by atoms with Crippen molar-refractivity contribution < 1.29 is 28.2 Å². The second-order valence-corrected chi connectivity index (χ2v) is 12.0. The van der Waals surface area contributed by atoms with Crippen LogP contribution in [0.15, 0.2) is 66.9 Å². The van der Waals surface area contributed by atoms with E-state index >= 15 is 4.39 Å². The molecule has 238 valence electrons. The Hall–Kier alpha value is -4.31. The average molecular weight is 617 g/mol. The number of nitrogens with one attached hydrogen (secondary N) is 1. The molecule has 0 unspecified atom stereocenters. The second-order valence-electron chi connectivity index (χ2n) is 12.0. The highest BCUT2D eigenvalue weighted by molar-refractivity contribution is 5.99. The fourth-order valence-electron chi connectivity index (χ4n) is 5.88. The van der Waals surface area contributed by atoms with Crippen LogP contribution in [0, 0.1) is 5.92 Å². The van der Waals surface area contributed by atoms with Crippen LogP contribution in [0.3, 0.4) is 0 Å². The lowest BCUT2D eigenvalue weighted by Crippen LogP contribution is -2.52. The molecule has 2 amide bonds. The lowest BCUT2D eigenvalue weighted by Gasteiger charge is -2.35. The van der Waals surface area contributed by atoms with E-state index in [9.17, 15) is 14.4 Å². The lowest BCUT2D eigenvalue weighted by atomic mass is 9.88. The van der Waals surface area contributed by atoms with Crippen LogP contribution in [0.5, 0.6) is 11.5 Å². The molecule has 3 heterocycles. The molecule has 2 atom stereocenters. The summed E-state index contributed by atoms with van der Waals surface area (Å²) in [5.41, 5.74) is 2.22. The van der Waals surface area contributed by atoms with Crippen LogP contribution in [0.4, 0.5) is 4.39 Å². The number of piperidine rings is 2. The number of ether oxygens (including phenoxy) is 2. The SMILES string of the molecule is COc1ccc(C(=O)C2CCN(C(=O)c3ccc(C(=O)N[C@H]4CCN(Cc5ccc(OC(C)C)cc5)C[C@@H]4F)cn3)CC2)cc1. The molecule has 5 rings (SSSR count). The van der Waals surface area contributed by atoms with Crippen LogP contribution in [0.2, 0.25) is 0 Å². The van der Waals surface area contributed by atoms with E-state index in [-0.39, 0.29) is 41.5 Å². The standard InChI is InChI=1S/C35H41FN4O5/c1-23(2)45-29-9-4-24(5-10-29)21-39-17-16-31(30(36)22-39)38-34(42)27-8-13-32(37-20-27)35(43)40-18-14-26(15-19-40)33(41)25-6-11-28(44-3)12-7-25/h4-13,20,23,26,30-31H,14-19,21-22H2,1-3H3,(H,38,42)/t30-,31-/m0/s1. The number of carbonyl (C=O) groups excluding carboxylic acids is 3. The van der Waals surface area contributed by atoms with E-state index in [1.54, 1.807) is 42.3 Å². The monoisotopic (exact) mass is 616 g/mol. The van der Waals surface area contributed by atoms with E-state index < -0.39 is 18.1 Å². The fourth-order valence-corrected chi connectivity index (χ4v) is 5.88. The van der Waals surface area contributed by atoms with Crippen molar-refractivity contribution >= 4 is 17.6 Å². The van der Waals surface area contributed by atoms with Crippen molar-refractivity contribution in [2.45, 2.75) is 58.0 Å². The van der Waals surface area contributed by atoms with Crippen LogP contribution in [-0.2, 0) is 6.54 Å². The van der Waals surface area contributed by atoms with Crippen LogP contribution in [0.25, 0.3) is 0 Å². The molecule has 2 aromatic carbocycles. The first-order chi connectivity index (χ1) is 21.7. The summed E-state index contributed by atoms with van der Waals surface area (Å²) < 4.78 is 25.9. The van der Waals surface area contributed by atoms with Crippen molar-refractivity contribution in [3.05, 3.63) is 89.2 Å². The molecule has 10 heteroatoms. The third kappa shape index (κ3) is 8.25. The molecule has 3 aromatic rings. The zero-order valence-corrected chi connectivity index (χ0v) is 26.1. The maximum atomic E-state index is 15.1. The van der Waals surface area contributed by atoms with Crippen molar-refractivity contribution in [1.82, 2.24) is 20.1 Å². The number of amides is 2. The van der Waals surface area contributed by atoms with E-state index in [0.717, 1.165) is 11.3 Å². The van der Waals surface area contributed by atoms with Gasteiger partial charge in [0.15, 0.2) is 5.78 Å². The predicted molar refractivity (Wildman–Crippen MR) is 168 cm³/mol. The van der Waals surface area contributed by atoms with E-state index in [1.807, 2.05) is 43.0 Å². The second kappa shape index (κ2) is 14.6. The van der Waals surface area contributed by atoms with Gasteiger partial charge >= 0.3 is 0 Å². The molecule has 2 fully saturated rings. The van der Waals surface area contributed by atoms with Gasteiger partial charge in [-0.1, -0.05) is 12.1 Å². The Morgan fingerprint density at radius 2 is 1.58 bits per heavy atom. The summed E-state index contributed by atoms with van der Waals surface area (Å²) in [4.78, 5) is 46.9. The van der Waals surface area contributed by atoms with Crippen molar-refractivity contribution in [1.29, 1.82) is 0 Å². The number of methoxy groups -OCH3 is 1. The maximum absolute atomic E-state index is 15.1. The molecule has 2 aliphatic rings. The van der Waals surface area contributed by atoms with Crippen molar-refractivity contribution in [2.75, 3.05) is 33.3 Å². The number of rotatable bonds is 10. The van der Waals surface area contributed by atoms with Gasteiger partial charge in [-0.25, -0.2) is 4.39 Å².